The van der Waals surface area contributed by atoms with Gasteiger partial charge >= 0.3 is 6.18 Å². The van der Waals surface area contributed by atoms with Gasteiger partial charge in [0.15, 0.2) is 0 Å². The van der Waals surface area contributed by atoms with Crippen LogP contribution in [0, 0.1) is 0 Å². The van der Waals surface area contributed by atoms with Crippen LogP contribution in [0.2, 0.25) is 0 Å². The summed E-state index contributed by atoms with van der Waals surface area (Å²) in [5, 5.41) is 3.08. The smallest absolute Gasteiger partial charge is 0.359 e. The molecule has 0 amide bonds. The zero-order valence-corrected chi connectivity index (χ0v) is 11.2. The minimum Gasteiger partial charge on any atom is -0.359 e. The summed E-state index contributed by atoms with van der Waals surface area (Å²) in [4.78, 5) is 5.62. The molecule has 0 bridgehead atoms. The molecule has 0 spiro atoms. The van der Waals surface area contributed by atoms with Crippen LogP contribution < -0.4 is 5.32 Å². The molecule has 1 heterocycles. The molecule has 1 aromatic heterocycles. The summed E-state index contributed by atoms with van der Waals surface area (Å²) in [5.74, 6) is -1.07. The first-order chi connectivity index (χ1) is 8.47. The third kappa shape index (κ3) is 4.77. The van der Waals surface area contributed by atoms with E-state index in [9.17, 15) is 13.2 Å². The molecule has 0 aliphatic rings. The number of alkyl halides is 3. The van der Waals surface area contributed by atoms with E-state index in [-0.39, 0.29) is 5.13 Å². The maximum atomic E-state index is 12.3. The predicted molar refractivity (Wildman–Crippen MR) is 65.8 cm³/mol. The van der Waals surface area contributed by atoms with Gasteiger partial charge in [-0.25, -0.2) is 0 Å². The third-order valence-corrected chi connectivity index (χ3v) is 3.04. The van der Waals surface area contributed by atoms with E-state index in [1.807, 2.05) is 0 Å². The first-order valence-electron chi connectivity index (χ1n) is 5.84. The minimum atomic E-state index is -4.46. The molecule has 0 radical (unpaired) electrons. The Bertz CT molecular complexity index is 353. The highest BCUT2D eigenvalue weighted by Crippen LogP contribution is 2.28. The van der Waals surface area contributed by atoms with Gasteiger partial charge in [-0.05, 0) is 19.5 Å². The SMILES string of the molecule is CCCN(CC)CCNc1nc(C(F)(F)F)ns1. The van der Waals surface area contributed by atoms with Crippen molar-refractivity contribution in [3.8, 4) is 0 Å². The van der Waals surface area contributed by atoms with Gasteiger partial charge in [-0.3, -0.25) is 0 Å². The van der Waals surface area contributed by atoms with Crippen LogP contribution in [-0.2, 0) is 6.18 Å². The monoisotopic (exact) mass is 282 g/mol. The second-order valence-corrected chi connectivity index (χ2v) is 4.53. The molecule has 0 saturated carbocycles. The van der Waals surface area contributed by atoms with E-state index < -0.39 is 12.0 Å². The second-order valence-electron chi connectivity index (χ2n) is 3.78. The van der Waals surface area contributed by atoms with Crippen molar-refractivity contribution in [3.63, 3.8) is 0 Å². The van der Waals surface area contributed by atoms with Crippen molar-refractivity contribution in [1.29, 1.82) is 0 Å². The summed E-state index contributed by atoms with van der Waals surface area (Å²) in [6.07, 6.45) is -3.40. The number of nitrogens with one attached hydrogen (secondary N) is 1. The number of anilines is 1. The second kappa shape index (κ2) is 6.89. The molecule has 1 rings (SSSR count). The Kier molecular flexibility index (Phi) is 5.80. The topological polar surface area (TPSA) is 41.0 Å². The zero-order valence-electron chi connectivity index (χ0n) is 10.4. The molecule has 0 fully saturated rings. The molecule has 0 atom stereocenters. The number of nitrogens with zero attached hydrogens (tertiary/aromatic N) is 3. The maximum absolute atomic E-state index is 12.3. The molecule has 0 aliphatic carbocycles. The van der Waals surface area contributed by atoms with Gasteiger partial charge in [-0.2, -0.15) is 22.5 Å². The summed E-state index contributed by atoms with van der Waals surface area (Å²) in [5.41, 5.74) is 0. The minimum absolute atomic E-state index is 0.217. The lowest BCUT2D eigenvalue weighted by Crippen LogP contribution is -2.29. The van der Waals surface area contributed by atoms with Crippen molar-refractivity contribution < 1.29 is 13.2 Å². The van der Waals surface area contributed by atoms with Crippen molar-refractivity contribution >= 4 is 16.7 Å². The maximum Gasteiger partial charge on any atom is 0.452 e. The number of halogens is 3. The van der Waals surface area contributed by atoms with Crippen LogP contribution in [0.4, 0.5) is 18.3 Å². The fourth-order valence-electron chi connectivity index (χ4n) is 1.48. The number of hydrogen-bond acceptors (Lipinski definition) is 5. The van der Waals surface area contributed by atoms with E-state index in [1.54, 1.807) is 0 Å². The first kappa shape index (κ1) is 15.2. The van der Waals surface area contributed by atoms with Gasteiger partial charge in [0, 0.05) is 24.6 Å². The van der Waals surface area contributed by atoms with E-state index in [2.05, 4.69) is 33.4 Å². The Balaban J connectivity index is 2.37. The van der Waals surface area contributed by atoms with Gasteiger partial charge in [0.2, 0.25) is 11.0 Å². The molecule has 0 aromatic carbocycles. The normalized spacial score (nSPS) is 12.1. The Labute approximate surface area is 108 Å². The highest BCUT2D eigenvalue weighted by atomic mass is 32.1. The number of hydrogen-bond donors (Lipinski definition) is 1. The molecule has 18 heavy (non-hydrogen) atoms. The Morgan fingerprint density at radius 1 is 1.28 bits per heavy atom. The van der Waals surface area contributed by atoms with Gasteiger partial charge < -0.3 is 10.2 Å². The van der Waals surface area contributed by atoms with Crippen LogP contribution in [0.1, 0.15) is 26.1 Å². The Morgan fingerprint density at radius 3 is 2.50 bits per heavy atom. The van der Waals surface area contributed by atoms with Crippen LogP contribution in [0.25, 0.3) is 0 Å². The van der Waals surface area contributed by atoms with Crippen LogP contribution in [0.15, 0.2) is 0 Å². The fourth-order valence-corrected chi connectivity index (χ4v) is 2.09. The van der Waals surface area contributed by atoms with Gasteiger partial charge in [-0.1, -0.05) is 13.8 Å². The van der Waals surface area contributed by atoms with Gasteiger partial charge in [0.05, 0.1) is 0 Å². The van der Waals surface area contributed by atoms with E-state index in [0.717, 1.165) is 37.6 Å². The largest absolute Gasteiger partial charge is 0.452 e. The van der Waals surface area contributed by atoms with E-state index >= 15 is 0 Å². The van der Waals surface area contributed by atoms with E-state index in [4.69, 9.17) is 0 Å². The van der Waals surface area contributed by atoms with E-state index in [0.29, 0.717) is 6.54 Å². The molecular weight excluding hydrogens is 265 g/mol. The third-order valence-electron chi connectivity index (χ3n) is 2.37. The number of likely N-dealkylation sites (N-methyl/N-ethyl adjacent to an activating group) is 1. The molecule has 1 aromatic rings. The van der Waals surface area contributed by atoms with Crippen molar-refractivity contribution in [2.24, 2.45) is 0 Å². The van der Waals surface area contributed by atoms with Gasteiger partial charge in [0.1, 0.15) is 0 Å². The molecule has 0 aliphatic heterocycles. The summed E-state index contributed by atoms with van der Waals surface area (Å²) in [6.45, 7) is 7.42. The van der Waals surface area contributed by atoms with Gasteiger partial charge in [-0.15, -0.1) is 0 Å². The van der Waals surface area contributed by atoms with Crippen molar-refractivity contribution in [2.45, 2.75) is 26.4 Å². The highest BCUT2D eigenvalue weighted by molar-refractivity contribution is 7.09. The summed E-state index contributed by atoms with van der Waals surface area (Å²) in [7, 11) is 0. The molecule has 0 unspecified atom stereocenters. The van der Waals surface area contributed by atoms with E-state index in [1.165, 1.54) is 0 Å². The lowest BCUT2D eigenvalue weighted by molar-refractivity contribution is -0.144. The number of aromatic nitrogens is 2. The molecule has 104 valence electrons. The lowest BCUT2D eigenvalue weighted by Gasteiger charge is -2.19. The summed E-state index contributed by atoms with van der Waals surface area (Å²) < 4.78 is 40.0. The van der Waals surface area contributed by atoms with Crippen LogP contribution >= 0.6 is 11.5 Å². The van der Waals surface area contributed by atoms with Crippen molar-refractivity contribution in [2.75, 3.05) is 31.5 Å². The van der Waals surface area contributed by atoms with Crippen LogP contribution in [-0.4, -0.2) is 40.4 Å². The lowest BCUT2D eigenvalue weighted by atomic mass is 10.4. The first-order valence-corrected chi connectivity index (χ1v) is 6.61. The quantitative estimate of drug-likeness (QED) is 0.835. The van der Waals surface area contributed by atoms with Crippen molar-refractivity contribution in [1.82, 2.24) is 14.3 Å². The Morgan fingerprint density at radius 2 is 2.00 bits per heavy atom. The molecule has 4 nitrogen and oxygen atoms in total. The highest BCUT2D eigenvalue weighted by Gasteiger charge is 2.36. The Hall–Kier alpha value is -0.890. The van der Waals surface area contributed by atoms with Crippen LogP contribution in [0.3, 0.4) is 0 Å². The molecular formula is C10H17F3N4S. The average molecular weight is 282 g/mol. The van der Waals surface area contributed by atoms with Crippen LogP contribution in [0.5, 0.6) is 0 Å². The summed E-state index contributed by atoms with van der Waals surface area (Å²) >= 11 is 0.738. The molecule has 0 saturated heterocycles. The average Bonchev–Trinajstić information content (AvgIpc) is 2.76. The molecule has 1 N–H and O–H groups in total. The van der Waals surface area contributed by atoms with Crippen molar-refractivity contribution in [3.05, 3.63) is 5.82 Å². The zero-order chi connectivity index (χ0) is 13.6. The number of rotatable bonds is 7. The molecule has 8 heteroatoms. The summed E-state index contributed by atoms with van der Waals surface area (Å²) in [6, 6.07) is 0. The predicted octanol–water partition coefficient (Wildman–Crippen LogP) is 2.70. The van der Waals surface area contributed by atoms with Gasteiger partial charge in [0.25, 0.3) is 0 Å². The standard InChI is InChI=1S/C10H17F3N4S/c1-3-6-17(4-2)7-5-14-9-15-8(16-18-9)10(11,12)13/h3-7H2,1-2H3,(H,14,15,16). The fraction of sp³-hybridized carbons (Fsp3) is 0.800.